The zero-order chi connectivity index (χ0) is 19.5. The summed E-state index contributed by atoms with van der Waals surface area (Å²) >= 11 is 0. The lowest BCUT2D eigenvalue weighted by Gasteiger charge is -2.24. The molecule has 3 aromatic carbocycles. The van der Waals surface area contributed by atoms with Gasteiger partial charge in [-0.15, -0.1) is 0 Å². The highest BCUT2D eigenvalue weighted by Crippen LogP contribution is 2.40. The minimum atomic E-state index is -0.675. The van der Waals surface area contributed by atoms with Crippen molar-refractivity contribution in [1.29, 1.82) is 0 Å². The highest BCUT2D eigenvalue weighted by Gasteiger charge is 2.23. The van der Waals surface area contributed by atoms with Crippen molar-refractivity contribution in [2.75, 3.05) is 7.11 Å². The van der Waals surface area contributed by atoms with Crippen LogP contribution in [0.3, 0.4) is 0 Å². The zero-order valence-electron chi connectivity index (χ0n) is 16.6. The van der Waals surface area contributed by atoms with Crippen LogP contribution in [0.1, 0.15) is 25.8 Å². The Labute approximate surface area is 169 Å². The third kappa shape index (κ3) is 3.55. The van der Waals surface area contributed by atoms with Crippen LogP contribution in [0.25, 0.3) is 5.57 Å². The van der Waals surface area contributed by atoms with Crippen molar-refractivity contribution in [3.8, 4) is 5.75 Å². The van der Waals surface area contributed by atoms with Crippen molar-refractivity contribution in [1.82, 2.24) is 0 Å². The van der Waals surface area contributed by atoms with Gasteiger partial charge in [0.1, 0.15) is 5.75 Å². The molecule has 0 spiro atoms. The van der Waals surface area contributed by atoms with Crippen molar-refractivity contribution in [3.63, 3.8) is 0 Å². The van der Waals surface area contributed by atoms with Crippen LogP contribution in [0.4, 0.5) is 0 Å². The summed E-state index contributed by atoms with van der Waals surface area (Å²) in [6.45, 7) is 4.46. The third-order valence-corrected chi connectivity index (χ3v) is 7.94. The maximum Gasteiger partial charge on any atom is 0.119 e. The number of rotatable bonds is 5. The van der Waals surface area contributed by atoms with E-state index in [0.29, 0.717) is 0 Å². The Morgan fingerprint density at radius 1 is 0.786 bits per heavy atom. The molecule has 2 heteroatoms. The molecule has 0 unspecified atom stereocenters. The van der Waals surface area contributed by atoms with Crippen LogP contribution in [0.2, 0.25) is 0 Å². The van der Waals surface area contributed by atoms with Crippen molar-refractivity contribution >= 4 is 29.4 Å². The Bertz CT molecular complexity index is 993. The van der Waals surface area contributed by atoms with E-state index in [0.717, 1.165) is 12.2 Å². The molecule has 0 atom stereocenters. The van der Waals surface area contributed by atoms with Crippen LogP contribution in [0, 0.1) is 0 Å². The van der Waals surface area contributed by atoms with Crippen LogP contribution < -0.4 is 20.7 Å². The number of ether oxygens (including phenoxy) is 1. The van der Waals surface area contributed by atoms with E-state index in [2.05, 4.69) is 98.8 Å². The van der Waals surface area contributed by atoms with E-state index >= 15 is 0 Å². The minimum Gasteiger partial charge on any atom is -0.497 e. The van der Waals surface area contributed by atoms with Gasteiger partial charge in [-0.1, -0.05) is 78.4 Å². The van der Waals surface area contributed by atoms with Crippen molar-refractivity contribution < 1.29 is 4.74 Å². The second-order valence-corrected chi connectivity index (χ2v) is 9.27. The van der Waals surface area contributed by atoms with E-state index < -0.39 is 7.92 Å². The standard InChI is InChI=1S/C26H25OP/c1-19-14-16-24(20(19)2)25-17-15-21(27-3)18-26(25)28(22-10-6-4-7-11-22)23-12-8-5-9-13-23/h4-15,17-18H,16H2,1-3H3. The average molecular weight is 384 g/mol. The number of benzene rings is 3. The quantitative estimate of drug-likeness (QED) is 0.522. The predicted molar refractivity (Wildman–Crippen MR) is 123 cm³/mol. The summed E-state index contributed by atoms with van der Waals surface area (Å²) in [4.78, 5) is 0. The summed E-state index contributed by atoms with van der Waals surface area (Å²) in [7, 11) is 1.07. The first kappa shape index (κ1) is 18.7. The molecule has 0 N–H and O–H groups in total. The molecule has 0 aromatic heterocycles. The van der Waals surface area contributed by atoms with Gasteiger partial charge in [0.05, 0.1) is 7.11 Å². The van der Waals surface area contributed by atoms with Crippen molar-refractivity contribution in [2.24, 2.45) is 0 Å². The first-order chi connectivity index (χ1) is 13.7. The minimum absolute atomic E-state index is 0.675. The molecule has 0 saturated carbocycles. The molecule has 0 amide bonds. The van der Waals surface area contributed by atoms with Gasteiger partial charge >= 0.3 is 0 Å². The molecule has 0 aliphatic heterocycles. The second kappa shape index (κ2) is 8.17. The van der Waals surface area contributed by atoms with Gasteiger partial charge in [-0.05, 0) is 72.9 Å². The summed E-state index contributed by atoms with van der Waals surface area (Å²) in [5, 5.41) is 4.09. The summed E-state index contributed by atoms with van der Waals surface area (Å²) in [5.74, 6) is 0.916. The largest absolute Gasteiger partial charge is 0.497 e. The van der Waals surface area contributed by atoms with Gasteiger partial charge in [-0.25, -0.2) is 0 Å². The lowest BCUT2D eigenvalue weighted by molar-refractivity contribution is 0.415. The molecule has 0 radical (unpaired) electrons. The van der Waals surface area contributed by atoms with E-state index in [9.17, 15) is 0 Å². The van der Waals surface area contributed by atoms with Crippen LogP contribution >= 0.6 is 7.92 Å². The van der Waals surface area contributed by atoms with E-state index in [1.54, 1.807) is 7.11 Å². The Balaban J connectivity index is 1.96. The van der Waals surface area contributed by atoms with Gasteiger partial charge < -0.3 is 4.74 Å². The molecular weight excluding hydrogens is 359 g/mol. The molecule has 0 bridgehead atoms. The fraction of sp³-hybridized carbons (Fsp3) is 0.154. The molecular formula is C26H25OP. The number of methoxy groups -OCH3 is 1. The topological polar surface area (TPSA) is 9.23 Å². The van der Waals surface area contributed by atoms with Gasteiger partial charge in [0.15, 0.2) is 0 Å². The lowest BCUT2D eigenvalue weighted by Crippen LogP contribution is -2.23. The van der Waals surface area contributed by atoms with E-state index in [4.69, 9.17) is 4.74 Å². The third-order valence-electron chi connectivity index (χ3n) is 5.46. The molecule has 3 aromatic rings. The molecule has 0 fully saturated rings. The molecule has 28 heavy (non-hydrogen) atoms. The van der Waals surface area contributed by atoms with Crippen LogP contribution in [0.5, 0.6) is 5.75 Å². The van der Waals surface area contributed by atoms with E-state index in [1.165, 1.54) is 38.2 Å². The Kier molecular flexibility index (Phi) is 5.46. The SMILES string of the molecule is COc1ccc(C2=C(C)C(C)=CC2)c(P(c2ccccc2)c2ccccc2)c1. The number of hydrogen-bond acceptors (Lipinski definition) is 1. The van der Waals surface area contributed by atoms with Crippen molar-refractivity contribution in [3.05, 3.63) is 102 Å². The molecule has 1 nitrogen and oxygen atoms in total. The van der Waals surface area contributed by atoms with Crippen LogP contribution in [0.15, 0.2) is 96.1 Å². The summed E-state index contributed by atoms with van der Waals surface area (Å²) in [5.41, 5.74) is 5.59. The van der Waals surface area contributed by atoms with Gasteiger partial charge in [-0.3, -0.25) is 0 Å². The Morgan fingerprint density at radius 2 is 1.39 bits per heavy atom. The number of hydrogen-bond donors (Lipinski definition) is 0. The van der Waals surface area contributed by atoms with E-state index in [1.807, 2.05) is 0 Å². The fourth-order valence-corrected chi connectivity index (χ4v) is 6.27. The molecule has 1 aliphatic carbocycles. The second-order valence-electron chi connectivity index (χ2n) is 7.08. The van der Waals surface area contributed by atoms with Crippen molar-refractivity contribution in [2.45, 2.75) is 20.3 Å². The molecule has 0 saturated heterocycles. The summed E-state index contributed by atoms with van der Waals surface area (Å²) in [6.07, 6.45) is 3.34. The van der Waals surface area contributed by atoms with Gasteiger partial charge in [-0.2, -0.15) is 0 Å². The predicted octanol–water partition coefficient (Wildman–Crippen LogP) is 5.58. The highest BCUT2D eigenvalue weighted by molar-refractivity contribution is 7.80. The first-order valence-corrected chi connectivity index (χ1v) is 11.0. The molecule has 4 rings (SSSR count). The van der Waals surface area contributed by atoms with Crippen LogP contribution in [-0.2, 0) is 0 Å². The smallest absolute Gasteiger partial charge is 0.119 e. The Hall–Kier alpha value is -2.63. The fourth-order valence-electron chi connectivity index (χ4n) is 3.77. The number of allylic oxidation sites excluding steroid dienone is 4. The average Bonchev–Trinajstić information content (AvgIpc) is 3.08. The maximum atomic E-state index is 5.62. The zero-order valence-corrected chi connectivity index (χ0v) is 17.5. The van der Waals surface area contributed by atoms with Gasteiger partial charge in [0.2, 0.25) is 0 Å². The highest BCUT2D eigenvalue weighted by atomic mass is 31.1. The monoisotopic (exact) mass is 384 g/mol. The maximum absolute atomic E-state index is 5.62. The molecule has 1 aliphatic rings. The van der Waals surface area contributed by atoms with Crippen LogP contribution in [-0.4, -0.2) is 7.11 Å². The van der Waals surface area contributed by atoms with Gasteiger partial charge in [0, 0.05) is 0 Å². The lowest BCUT2D eigenvalue weighted by atomic mass is 10.0. The molecule has 0 heterocycles. The van der Waals surface area contributed by atoms with Gasteiger partial charge in [0.25, 0.3) is 0 Å². The summed E-state index contributed by atoms with van der Waals surface area (Å²) < 4.78 is 5.62. The normalized spacial score (nSPS) is 13.8. The first-order valence-electron chi connectivity index (χ1n) is 9.64. The van der Waals surface area contributed by atoms with E-state index in [-0.39, 0.29) is 0 Å². The summed E-state index contributed by atoms with van der Waals surface area (Å²) in [6, 6.07) is 28.3. The Morgan fingerprint density at radius 3 is 1.89 bits per heavy atom. The molecule has 140 valence electrons.